The number of carboxylic acids is 1. The summed E-state index contributed by atoms with van der Waals surface area (Å²) < 4.78 is 10.7. The van der Waals surface area contributed by atoms with Crippen molar-refractivity contribution in [3.05, 3.63) is 52.2 Å². The zero-order valence-electron chi connectivity index (χ0n) is 11.5. The van der Waals surface area contributed by atoms with Gasteiger partial charge in [0.25, 0.3) is 0 Å². The van der Waals surface area contributed by atoms with Crippen molar-refractivity contribution in [2.75, 3.05) is 7.11 Å². The van der Waals surface area contributed by atoms with E-state index in [4.69, 9.17) is 14.3 Å². The van der Waals surface area contributed by atoms with Crippen LogP contribution in [-0.4, -0.2) is 47.7 Å². The Balaban J connectivity index is 0.00000161. The van der Waals surface area contributed by atoms with E-state index in [1.807, 2.05) is 0 Å². The van der Waals surface area contributed by atoms with E-state index in [2.05, 4.69) is 0 Å². The van der Waals surface area contributed by atoms with Crippen molar-refractivity contribution in [2.45, 2.75) is 0 Å². The zero-order valence-corrected chi connectivity index (χ0v) is 13.5. The number of hydrogen-bond donors (Lipinski definition) is 1. The smallest absolute Gasteiger partial charge is 0.335 e. The SMILES string of the molecule is COc1ccc2oc3cc(C(=O)O)ccc3c(=O)c2c1.[Na]. The first-order valence-electron chi connectivity index (χ1n) is 5.88. The maximum atomic E-state index is 12.4. The molecule has 0 saturated carbocycles. The predicted octanol–water partition coefficient (Wildman–Crippen LogP) is 2.27. The summed E-state index contributed by atoms with van der Waals surface area (Å²) in [5.74, 6) is -0.504. The fourth-order valence-corrected chi connectivity index (χ4v) is 2.09. The third-order valence-corrected chi connectivity index (χ3v) is 3.12. The van der Waals surface area contributed by atoms with E-state index in [-0.39, 0.29) is 46.1 Å². The van der Waals surface area contributed by atoms with Gasteiger partial charge >= 0.3 is 5.97 Å². The van der Waals surface area contributed by atoms with Crippen molar-refractivity contribution in [3.63, 3.8) is 0 Å². The van der Waals surface area contributed by atoms with E-state index in [0.717, 1.165) is 0 Å². The number of ether oxygens (including phenoxy) is 1. The summed E-state index contributed by atoms with van der Waals surface area (Å²) in [5, 5.41) is 9.70. The molecule has 1 aromatic heterocycles. The van der Waals surface area contributed by atoms with E-state index in [9.17, 15) is 9.59 Å². The second-order valence-electron chi connectivity index (χ2n) is 4.31. The standard InChI is InChI=1S/C15H10O5.Na/c1-19-9-3-5-12-11(7-9)14(16)10-4-2-8(15(17)18)6-13(10)20-12;/h2-7H,1H3,(H,17,18);. The molecule has 0 unspecified atom stereocenters. The van der Waals surface area contributed by atoms with Gasteiger partial charge in [-0.15, -0.1) is 0 Å². The summed E-state index contributed by atoms with van der Waals surface area (Å²) in [7, 11) is 1.52. The number of carboxylic acid groups (broad SMARTS) is 1. The maximum absolute atomic E-state index is 12.4. The summed E-state index contributed by atoms with van der Waals surface area (Å²) in [4.78, 5) is 23.3. The molecule has 0 spiro atoms. The van der Waals surface area contributed by atoms with Gasteiger partial charge in [-0.25, -0.2) is 4.79 Å². The van der Waals surface area contributed by atoms with Crippen molar-refractivity contribution in [1.29, 1.82) is 0 Å². The number of fused-ring (bicyclic) bond motifs is 2. The van der Waals surface area contributed by atoms with Crippen molar-refractivity contribution in [1.82, 2.24) is 0 Å². The summed E-state index contributed by atoms with van der Waals surface area (Å²) in [6.45, 7) is 0. The second kappa shape index (κ2) is 5.89. The molecule has 1 heterocycles. The van der Waals surface area contributed by atoms with Crippen LogP contribution in [0.1, 0.15) is 10.4 Å². The molecule has 0 saturated heterocycles. The van der Waals surface area contributed by atoms with Crippen LogP contribution in [0.3, 0.4) is 0 Å². The molecule has 5 nitrogen and oxygen atoms in total. The van der Waals surface area contributed by atoms with E-state index >= 15 is 0 Å². The van der Waals surface area contributed by atoms with Gasteiger partial charge in [0.2, 0.25) is 5.43 Å². The molecule has 1 radical (unpaired) electrons. The first kappa shape index (κ1) is 15.6. The number of benzene rings is 2. The van der Waals surface area contributed by atoms with Gasteiger partial charge in [-0.2, -0.15) is 0 Å². The molecule has 0 aliphatic carbocycles. The molecule has 101 valence electrons. The van der Waals surface area contributed by atoms with Crippen LogP contribution in [0, 0.1) is 0 Å². The van der Waals surface area contributed by atoms with Crippen LogP contribution in [0.25, 0.3) is 21.9 Å². The van der Waals surface area contributed by atoms with Crippen LogP contribution >= 0.6 is 0 Å². The minimum absolute atomic E-state index is 0. The minimum Gasteiger partial charge on any atom is -0.497 e. The minimum atomic E-state index is -1.07. The van der Waals surface area contributed by atoms with Crippen LogP contribution in [0.15, 0.2) is 45.6 Å². The summed E-state index contributed by atoms with van der Waals surface area (Å²) in [5.41, 5.74) is 0.518. The number of hydrogen-bond acceptors (Lipinski definition) is 4. The third-order valence-electron chi connectivity index (χ3n) is 3.12. The molecule has 2 aromatic carbocycles. The van der Waals surface area contributed by atoms with Crippen LogP contribution in [0.4, 0.5) is 0 Å². The zero-order chi connectivity index (χ0) is 14.3. The van der Waals surface area contributed by atoms with Crippen LogP contribution in [0.2, 0.25) is 0 Å². The van der Waals surface area contributed by atoms with Crippen LogP contribution in [0.5, 0.6) is 5.75 Å². The Morgan fingerprint density at radius 1 is 1.10 bits per heavy atom. The molecule has 0 aliphatic heterocycles. The first-order valence-corrected chi connectivity index (χ1v) is 5.88. The average Bonchev–Trinajstić information content (AvgIpc) is 2.46. The molecule has 21 heavy (non-hydrogen) atoms. The Morgan fingerprint density at radius 3 is 2.52 bits per heavy atom. The molecule has 6 heteroatoms. The van der Waals surface area contributed by atoms with Crippen LogP contribution in [-0.2, 0) is 0 Å². The summed E-state index contributed by atoms with van der Waals surface area (Å²) in [6.07, 6.45) is 0. The number of aromatic carboxylic acids is 1. The average molecular weight is 293 g/mol. The fraction of sp³-hybridized carbons (Fsp3) is 0.0667. The molecule has 3 aromatic rings. The van der Waals surface area contributed by atoms with Gasteiger partial charge in [0, 0.05) is 29.6 Å². The quantitative estimate of drug-likeness (QED) is 0.579. The molecular formula is C15H10NaO5. The topological polar surface area (TPSA) is 76.7 Å². The Kier molecular flexibility index (Phi) is 4.37. The van der Waals surface area contributed by atoms with Crippen molar-refractivity contribution in [3.8, 4) is 5.75 Å². The van der Waals surface area contributed by atoms with Gasteiger partial charge in [0.05, 0.1) is 23.4 Å². The Labute approximate surface area is 141 Å². The molecular weight excluding hydrogens is 283 g/mol. The van der Waals surface area contributed by atoms with E-state index in [1.165, 1.54) is 25.3 Å². The number of methoxy groups -OCH3 is 1. The number of carbonyl (C=O) groups is 1. The molecule has 0 fully saturated rings. The third kappa shape index (κ3) is 2.68. The predicted molar refractivity (Wildman–Crippen MR) is 79.3 cm³/mol. The Morgan fingerprint density at radius 2 is 1.86 bits per heavy atom. The van der Waals surface area contributed by atoms with Crippen molar-refractivity contribution >= 4 is 57.5 Å². The molecule has 0 aliphatic rings. The largest absolute Gasteiger partial charge is 0.497 e. The monoisotopic (exact) mass is 293 g/mol. The van der Waals surface area contributed by atoms with Gasteiger partial charge in [0.1, 0.15) is 16.9 Å². The van der Waals surface area contributed by atoms with Crippen LogP contribution < -0.4 is 10.2 Å². The molecule has 0 atom stereocenters. The van der Waals surface area contributed by atoms with E-state index in [0.29, 0.717) is 22.1 Å². The number of rotatable bonds is 2. The van der Waals surface area contributed by atoms with Gasteiger partial charge in [0.15, 0.2) is 0 Å². The first-order chi connectivity index (χ1) is 9.60. The van der Waals surface area contributed by atoms with Crippen molar-refractivity contribution in [2.24, 2.45) is 0 Å². The van der Waals surface area contributed by atoms with Gasteiger partial charge in [-0.1, -0.05) is 0 Å². The summed E-state index contributed by atoms with van der Waals surface area (Å²) >= 11 is 0. The van der Waals surface area contributed by atoms with Crippen molar-refractivity contribution < 1.29 is 19.1 Å². The van der Waals surface area contributed by atoms with Gasteiger partial charge < -0.3 is 14.3 Å². The normalized spacial score (nSPS) is 10.3. The Bertz CT molecular complexity index is 898. The molecule has 1 N–H and O–H groups in total. The van der Waals surface area contributed by atoms with E-state index in [1.54, 1.807) is 18.2 Å². The van der Waals surface area contributed by atoms with Gasteiger partial charge in [-0.05, 0) is 36.4 Å². The molecule has 0 bridgehead atoms. The molecule has 0 amide bonds. The molecule has 3 rings (SSSR count). The Hall–Kier alpha value is -1.82. The second-order valence-corrected chi connectivity index (χ2v) is 4.31. The van der Waals surface area contributed by atoms with E-state index < -0.39 is 5.97 Å². The summed E-state index contributed by atoms with van der Waals surface area (Å²) in [6, 6.07) is 9.10. The van der Waals surface area contributed by atoms with Gasteiger partial charge in [-0.3, -0.25) is 4.79 Å². The fourth-order valence-electron chi connectivity index (χ4n) is 2.09. The maximum Gasteiger partial charge on any atom is 0.335 e.